The summed E-state index contributed by atoms with van der Waals surface area (Å²) in [4.78, 5) is 0. The lowest BCUT2D eigenvalue weighted by molar-refractivity contribution is 0.261. The van der Waals surface area contributed by atoms with E-state index in [1.165, 1.54) is 5.57 Å². The topological polar surface area (TPSA) is 20.2 Å². The SMILES string of the molecule is C/C=C/C(C)=C/[C@@H](C)CO. The van der Waals surface area contributed by atoms with E-state index in [-0.39, 0.29) is 12.5 Å². The van der Waals surface area contributed by atoms with Gasteiger partial charge in [0.15, 0.2) is 0 Å². The first-order valence-corrected chi connectivity index (χ1v) is 3.62. The first-order chi connectivity index (χ1) is 4.70. The minimum absolute atomic E-state index is 0.231. The van der Waals surface area contributed by atoms with Gasteiger partial charge in [0.25, 0.3) is 0 Å². The van der Waals surface area contributed by atoms with Gasteiger partial charge in [0.2, 0.25) is 0 Å². The highest BCUT2D eigenvalue weighted by atomic mass is 16.3. The normalized spacial score (nSPS) is 16.2. The van der Waals surface area contributed by atoms with Gasteiger partial charge < -0.3 is 5.11 Å². The summed E-state index contributed by atoms with van der Waals surface area (Å²) in [5.41, 5.74) is 1.21. The van der Waals surface area contributed by atoms with Crippen LogP contribution in [0.5, 0.6) is 0 Å². The van der Waals surface area contributed by atoms with Crippen LogP contribution in [0.3, 0.4) is 0 Å². The number of allylic oxidation sites excluding steroid dienone is 3. The van der Waals surface area contributed by atoms with E-state index in [0.29, 0.717) is 0 Å². The van der Waals surface area contributed by atoms with Crippen LogP contribution in [0.1, 0.15) is 20.8 Å². The van der Waals surface area contributed by atoms with Crippen molar-refractivity contribution in [3.63, 3.8) is 0 Å². The quantitative estimate of drug-likeness (QED) is 0.595. The van der Waals surface area contributed by atoms with Crippen LogP contribution in [-0.4, -0.2) is 11.7 Å². The maximum absolute atomic E-state index is 8.68. The van der Waals surface area contributed by atoms with Crippen molar-refractivity contribution < 1.29 is 5.11 Å². The molecule has 0 saturated carbocycles. The van der Waals surface area contributed by atoms with Gasteiger partial charge in [-0.05, 0) is 19.8 Å². The van der Waals surface area contributed by atoms with Gasteiger partial charge in [-0.15, -0.1) is 0 Å². The Labute approximate surface area is 63.1 Å². The van der Waals surface area contributed by atoms with Crippen molar-refractivity contribution in [2.75, 3.05) is 6.61 Å². The van der Waals surface area contributed by atoms with Gasteiger partial charge in [0.05, 0.1) is 0 Å². The van der Waals surface area contributed by atoms with Gasteiger partial charge in [0, 0.05) is 6.61 Å². The highest BCUT2D eigenvalue weighted by molar-refractivity contribution is 5.15. The first-order valence-electron chi connectivity index (χ1n) is 3.62. The molecule has 0 aliphatic carbocycles. The fourth-order valence-corrected chi connectivity index (χ4v) is 0.820. The predicted molar refractivity (Wildman–Crippen MR) is 44.8 cm³/mol. The van der Waals surface area contributed by atoms with Gasteiger partial charge in [-0.25, -0.2) is 0 Å². The highest BCUT2D eigenvalue weighted by Crippen LogP contribution is 2.02. The molecular weight excluding hydrogens is 124 g/mol. The highest BCUT2D eigenvalue weighted by Gasteiger charge is 1.92. The molecule has 0 unspecified atom stereocenters. The van der Waals surface area contributed by atoms with Crippen LogP contribution in [0.25, 0.3) is 0 Å². The molecule has 1 atom stereocenters. The molecule has 1 heteroatoms. The van der Waals surface area contributed by atoms with Crippen LogP contribution in [0.4, 0.5) is 0 Å². The van der Waals surface area contributed by atoms with Gasteiger partial charge in [-0.1, -0.05) is 30.7 Å². The lowest BCUT2D eigenvalue weighted by atomic mass is 10.1. The average molecular weight is 140 g/mol. The minimum atomic E-state index is 0.231. The zero-order chi connectivity index (χ0) is 7.98. The molecule has 1 N–H and O–H groups in total. The van der Waals surface area contributed by atoms with Gasteiger partial charge >= 0.3 is 0 Å². The zero-order valence-corrected chi connectivity index (χ0v) is 6.96. The second kappa shape index (κ2) is 5.24. The van der Waals surface area contributed by atoms with E-state index in [9.17, 15) is 0 Å². The van der Waals surface area contributed by atoms with Gasteiger partial charge in [0.1, 0.15) is 0 Å². The van der Waals surface area contributed by atoms with Crippen molar-refractivity contribution >= 4 is 0 Å². The molecule has 0 aromatic rings. The number of rotatable bonds is 3. The monoisotopic (exact) mass is 140 g/mol. The third kappa shape index (κ3) is 4.33. The second-order valence-corrected chi connectivity index (χ2v) is 2.57. The van der Waals surface area contributed by atoms with Crippen molar-refractivity contribution in [2.45, 2.75) is 20.8 Å². The second-order valence-electron chi connectivity index (χ2n) is 2.57. The Morgan fingerprint density at radius 1 is 1.60 bits per heavy atom. The van der Waals surface area contributed by atoms with Crippen LogP contribution in [0.15, 0.2) is 23.8 Å². The molecule has 58 valence electrons. The number of hydrogen-bond acceptors (Lipinski definition) is 1. The maximum Gasteiger partial charge on any atom is 0.0491 e. The smallest absolute Gasteiger partial charge is 0.0491 e. The molecule has 0 heterocycles. The molecule has 0 aromatic heterocycles. The molecule has 0 fully saturated rings. The maximum atomic E-state index is 8.68. The fraction of sp³-hybridized carbons (Fsp3) is 0.556. The van der Waals surface area contributed by atoms with Crippen molar-refractivity contribution in [3.05, 3.63) is 23.8 Å². The molecule has 0 aliphatic rings. The van der Waals surface area contributed by atoms with E-state index in [4.69, 9.17) is 5.11 Å². The molecule has 0 aliphatic heterocycles. The summed E-state index contributed by atoms with van der Waals surface area (Å²) in [5.74, 6) is 0.274. The van der Waals surface area contributed by atoms with Gasteiger partial charge in [-0.2, -0.15) is 0 Å². The average Bonchev–Trinajstić information content (AvgIpc) is 1.88. The molecule has 10 heavy (non-hydrogen) atoms. The third-order valence-corrected chi connectivity index (χ3v) is 1.26. The van der Waals surface area contributed by atoms with Gasteiger partial charge in [-0.3, -0.25) is 0 Å². The lowest BCUT2D eigenvalue weighted by Gasteiger charge is -2.00. The summed E-state index contributed by atoms with van der Waals surface area (Å²) in [6.07, 6.45) is 6.09. The van der Waals surface area contributed by atoms with Crippen LogP contribution >= 0.6 is 0 Å². The molecule has 0 bridgehead atoms. The molecule has 0 aromatic carbocycles. The van der Waals surface area contributed by atoms with E-state index in [1.54, 1.807) is 0 Å². The van der Waals surface area contributed by atoms with E-state index in [0.717, 1.165) is 0 Å². The summed E-state index contributed by atoms with van der Waals surface area (Å²) < 4.78 is 0. The Kier molecular flexibility index (Phi) is 4.95. The molecule has 0 radical (unpaired) electrons. The summed E-state index contributed by atoms with van der Waals surface area (Å²) in [6.45, 7) is 6.25. The van der Waals surface area contributed by atoms with Crippen molar-refractivity contribution in [3.8, 4) is 0 Å². The van der Waals surface area contributed by atoms with Crippen molar-refractivity contribution in [2.24, 2.45) is 5.92 Å². The summed E-state index contributed by atoms with van der Waals surface area (Å²) in [7, 11) is 0. The fourth-order valence-electron chi connectivity index (χ4n) is 0.820. The number of aliphatic hydroxyl groups excluding tert-OH is 1. The summed E-state index contributed by atoms with van der Waals surface area (Å²) >= 11 is 0. The Balaban J connectivity index is 3.89. The van der Waals surface area contributed by atoms with E-state index in [2.05, 4.69) is 6.08 Å². The van der Waals surface area contributed by atoms with Crippen molar-refractivity contribution in [1.29, 1.82) is 0 Å². The van der Waals surface area contributed by atoms with Crippen LogP contribution in [0, 0.1) is 5.92 Å². The minimum Gasteiger partial charge on any atom is -0.396 e. The Morgan fingerprint density at radius 2 is 2.20 bits per heavy atom. The van der Waals surface area contributed by atoms with Crippen LogP contribution in [-0.2, 0) is 0 Å². The molecule has 0 saturated heterocycles. The number of aliphatic hydroxyl groups is 1. The van der Waals surface area contributed by atoms with Crippen LogP contribution < -0.4 is 0 Å². The van der Waals surface area contributed by atoms with E-state index < -0.39 is 0 Å². The zero-order valence-electron chi connectivity index (χ0n) is 6.96. The summed E-state index contributed by atoms with van der Waals surface area (Å²) in [6, 6.07) is 0. The summed E-state index contributed by atoms with van der Waals surface area (Å²) in [5, 5.41) is 8.68. The predicted octanol–water partition coefficient (Wildman–Crippen LogP) is 2.14. The van der Waals surface area contributed by atoms with E-state index >= 15 is 0 Å². The van der Waals surface area contributed by atoms with Crippen LogP contribution in [0.2, 0.25) is 0 Å². The largest absolute Gasteiger partial charge is 0.396 e. The molecule has 1 nitrogen and oxygen atoms in total. The Morgan fingerprint density at radius 3 is 2.60 bits per heavy atom. The first kappa shape index (κ1) is 9.44. The molecular formula is C9H16O. The number of hydrogen-bond donors (Lipinski definition) is 1. The molecule has 0 rings (SSSR count). The van der Waals surface area contributed by atoms with E-state index in [1.807, 2.05) is 32.9 Å². The van der Waals surface area contributed by atoms with Crippen molar-refractivity contribution in [1.82, 2.24) is 0 Å². The molecule has 0 spiro atoms. The standard InChI is InChI=1S/C9H16O/c1-4-5-8(2)6-9(3)7-10/h4-6,9-10H,7H2,1-3H3/b5-4+,8-6+/t9-/m1/s1. The lowest BCUT2D eigenvalue weighted by Crippen LogP contribution is -1.95. The third-order valence-electron chi connectivity index (χ3n) is 1.26. The Hall–Kier alpha value is -0.560. The Bertz CT molecular complexity index is 134. The molecule has 0 amide bonds.